The molecule has 0 aliphatic heterocycles. The zero-order valence-electron chi connectivity index (χ0n) is 17.5. The average Bonchev–Trinajstić information content (AvgIpc) is 2.80. The standard InChI is InChI=1S/C26H23N2O3P/c1-32(30,31)25-10-6-5-9-22(25)19-11-13-20(14-12-19)26(29)28-24-17-21(15-16-23(24)27)18-7-3-2-4-8-18/h2-17H,27H2,1H3,(H,28,29)(H,30,31). The Bertz CT molecular complexity index is 1310. The van der Waals surface area contributed by atoms with E-state index in [4.69, 9.17) is 5.73 Å². The van der Waals surface area contributed by atoms with Gasteiger partial charge in [-0.3, -0.25) is 9.36 Å². The number of rotatable bonds is 5. The lowest BCUT2D eigenvalue weighted by atomic mass is 10.0. The smallest absolute Gasteiger partial charge is 0.255 e. The van der Waals surface area contributed by atoms with Crippen molar-refractivity contribution in [3.8, 4) is 22.3 Å². The molecule has 0 aliphatic carbocycles. The first-order chi connectivity index (χ1) is 15.3. The number of carbonyl (C=O) groups is 1. The number of carbonyl (C=O) groups excluding carboxylic acids is 1. The maximum atomic E-state index is 12.8. The van der Waals surface area contributed by atoms with Crippen LogP contribution in [0.3, 0.4) is 0 Å². The molecular weight excluding hydrogens is 419 g/mol. The summed E-state index contributed by atoms with van der Waals surface area (Å²) < 4.78 is 12.2. The number of amides is 1. The zero-order chi connectivity index (χ0) is 22.7. The van der Waals surface area contributed by atoms with E-state index in [0.717, 1.165) is 16.7 Å². The fourth-order valence-electron chi connectivity index (χ4n) is 3.55. The molecule has 160 valence electrons. The molecule has 0 saturated heterocycles. The highest BCUT2D eigenvalue weighted by atomic mass is 31.2. The summed E-state index contributed by atoms with van der Waals surface area (Å²) in [5.41, 5.74) is 11.0. The molecule has 32 heavy (non-hydrogen) atoms. The van der Waals surface area contributed by atoms with Gasteiger partial charge in [0.15, 0.2) is 0 Å². The first-order valence-electron chi connectivity index (χ1n) is 10.1. The zero-order valence-corrected chi connectivity index (χ0v) is 18.4. The van der Waals surface area contributed by atoms with Gasteiger partial charge < -0.3 is 15.9 Å². The molecule has 5 nitrogen and oxygen atoms in total. The molecule has 0 spiro atoms. The maximum Gasteiger partial charge on any atom is 0.255 e. The third-order valence-corrected chi connectivity index (χ3v) is 6.50. The van der Waals surface area contributed by atoms with Gasteiger partial charge in [0.05, 0.1) is 11.4 Å². The molecular formula is C26H23N2O3P. The summed E-state index contributed by atoms with van der Waals surface area (Å²) >= 11 is 0. The van der Waals surface area contributed by atoms with E-state index in [1.54, 1.807) is 48.5 Å². The average molecular weight is 442 g/mol. The Morgan fingerprint density at radius 2 is 1.44 bits per heavy atom. The van der Waals surface area contributed by atoms with E-state index < -0.39 is 7.37 Å². The molecule has 4 aromatic rings. The molecule has 0 radical (unpaired) electrons. The van der Waals surface area contributed by atoms with Crippen molar-refractivity contribution in [1.82, 2.24) is 0 Å². The van der Waals surface area contributed by atoms with Crippen molar-refractivity contribution in [3.63, 3.8) is 0 Å². The Balaban J connectivity index is 1.58. The third-order valence-electron chi connectivity index (χ3n) is 5.22. The summed E-state index contributed by atoms with van der Waals surface area (Å²) in [6, 6.07) is 29.3. The number of nitrogens with one attached hydrogen (secondary N) is 1. The molecule has 4 aromatic carbocycles. The largest absolute Gasteiger partial charge is 0.397 e. The van der Waals surface area contributed by atoms with Crippen LogP contribution in [0.25, 0.3) is 22.3 Å². The van der Waals surface area contributed by atoms with E-state index in [1.165, 1.54) is 6.66 Å². The summed E-state index contributed by atoms with van der Waals surface area (Å²) in [5, 5.41) is 3.27. The highest BCUT2D eigenvalue weighted by Gasteiger charge is 2.19. The molecule has 1 amide bonds. The lowest BCUT2D eigenvalue weighted by Crippen LogP contribution is -2.13. The quantitative estimate of drug-likeness (QED) is 0.286. The normalized spacial score (nSPS) is 12.7. The van der Waals surface area contributed by atoms with E-state index in [0.29, 0.717) is 27.8 Å². The number of nitrogens with two attached hydrogens (primary N) is 1. The van der Waals surface area contributed by atoms with Gasteiger partial charge in [-0.15, -0.1) is 0 Å². The third kappa shape index (κ3) is 4.65. The van der Waals surface area contributed by atoms with Crippen LogP contribution in [-0.4, -0.2) is 17.5 Å². The van der Waals surface area contributed by atoms with Crippen LogP contribution >= 0.6 is 7.37 Å². The van der Waals surface area contributed by atoms with Crippen LogP contribution in [0.2, 0.25) is 0 Å². The monoisotopic (exact) mass is 442 g/mol. The van der Waals surface area contributed by atoms with Crippen LogP contribution in [0.5, 0.6) is 0 Å². The Labute approximate surface area is 187 Å². The van der Waals surface area contributed by atoms with Gasteiger partial charge in [-0.25, -0.2) is 0 Å². The van der Waals surface area contributed by atoms with Crippen LogP contribution in [0.15, 0.2) is 97.1 Å². The van der Waals surface area contributed by atoms with Gasteiger partial charge in [-0.2, -0.15) is 0 Å². The van der Waals surface area contributed by atoms with Crippen LogP contribution in [-0.2, 0) is 4.57 Å². The molecule has 0 aromatic heterocycles. The van der Waals surface area contributed by atoms with Gasteiger partial charge in [-0.05, 0) is 52.6 Å². The molecule has 4 rings (SSSR count). The number of hydrogen-bond acceptors (Lipinski definition) is 3. The number of benzene rings is 4. The summed E-state index contributed by atoms with van der Waals surface area (Å²) in [4.78, 5) is 22.9. The van der Waals surface area contributed by atoms with Gasteiger partial charge in [0.2, 0.25) is 7.37 Å². The van der Waals surface area contributed by atoms with Gasteiger partial charge in [0, 0.05) is 17.5 Å². The molecule has 0 saturated carbocycles. The molecule has 6 heteroatoms. The Hall–Kier alpha value is -3.66. The van der Waals surface area contributed by atoms with Gasteiger partial charge in [0.1, 0.15) is 0 Å². The lowest BCUT2D eigenvalue weighted by Gasteiger charge is -2.13. The Morgan fingerprint density at radius 3 is 2.12 bits per heavy atom. The second-order valence-corrected chi connectivity index (χ2v) is 9.84. The summed E-state index contributed by atoms with van der Waals surface area (Å²) in [5.74, 6) is -0.287. The van der Waals surface area contributed by atoms with E-state index in [-0.39, 0.29) is 5.91 Å². The van der Waals surface area contributed by atoms with E-state index in [9.17, 15) is 14.3 Å². The predicted molar refractivity (Wildman–Crippen MR) is 132 cm³/mol. The minimum Gasteiger partial charge on any atom is -0.397 e. The maximum absolute atomic E-state index is 12.8. The van der Waals surface area contributed by atoms with Crippen LogP contribution in [0, 0.1) is 0 Å². The molecule has 1 unspecified atom stereocenters. The summed E-state index contributed by atoms with van der Waals surface area (Å²) in [7, 11) is -3.43. The van der Waals surface area contributed by atoms with Gasteiger partial charge in [0.25, 0.3) is 5.91 Å². The lowest BCUT2D eigenvalue weighted by molar-refractivity contribution is 0.102. The summed E-state index contributed by atoms with van der Waals surface area (Å²) in [6.07, 6.45) is 0. The van der Waals surface area contributed by atoms with Crippen molar-refractivity contribution < 1.29 is 14.3 Å². The molecule has 0 bridgehead atoms. The van der Waals surface area contributed by atoms with Crippen LogP contribution in [0.4, 0.5) is 11.4 Å². The Morgan fingerprint density at radius 1 is 0.812 bits per heavy atom. The van der Waals surface area contributed by atoms with Crippen molar-refractivity contribution in [2.24, 2.45) is 0 Å². The first kappa shape index (κ1) is 21.6. The molecule has 0 heterocycles. The van der Waals surface area contributed by atoms with E-state index in [1.807, 2.05) is 48.5 Å². The van der Waals surface area contributed by atoms with Gasteiger partial charge in [-0.1, -0.05) is 66.7 Å². The number of anilines is 2. The Kier molecular flexibility index (Phi) is 5.95. The van der Waals surface area contributed by atoms with E-state index in [2.05, 4.69) is 5.32 Å². The minimum absolute atomic E-state index is 0.287. The topological polar surface area (TPSA) is 92.4 Å². The number of hydrogen-bond donors (Lipinski definition) is 3. The first-order valence-corrected chi connectivity index (χ1v) is 12.2. The highest BCUT2D eigenvalue weighted by molar-refractivity contribution is 7.65. The molecule has 0 aliphatic rings. The fraction of sp³-hybridized carbons (Fsp3) is 0.0385. The fourth-order valence-corrected chi connectivity index (χ4v) is 4.56. The van der Waals surface area contributed by atoms with Crippen molar-refractivity contribution >= 4 is 30.0 Å². The minimum atomic E-state index is -3.43. The van der Waals surface area contributed by atoms with Crippen molar-refractivity contribution in [2.45, 2.75) is 0 Å². The van der Waals surface area contributed by atoms with Crippen LogP contribution < -0.4 is 16.4 Å². The second-order valence-electron chi connectivity index (χ2n) is 7.60. The predicted octanol–water partition coefficient (Wildman–Crippen LogP) is 5.38. The van der Waals surface area contributed by atoms with Gasteiger partial charge >= 0.3 is 0 Å². The van der Waals surface area contributed by atoms with Crippen molar-refractivity contribution in [3.05, 3.63) is 103 Å². The van der Waals surface area contributed by atoms with Crippen molar-refractivity contribution in [1.29, 1.82) is 0 Å². The van der Waals surface area contributed by atoms with Crippen LogP contribution in [0.1, 0.15) is 10.4 Å². The highest BCUT2D eigenvalue weighted by Crippen LogP contribution is 2.38. The second kappa shape index (κ2) is 8.83. The van der Waals surface area contributed by atoms with Crippen molar-refractivity contribution in [2.75, 3.05) is 17.7 Å². The molecule has 0 fully saturated rings. The number of nitrogen functional groups attached to an aromatic ring is 1. The summed E-state index contributed by atoms with van der Waals surface area (Å²) in [6.45, 7) is 1.32. The molecule has 1 atom stereocenters. The SMILES string of the molecule is CP(=O)(O)c1ccccc1-c1ccc(C(=O)Nc2cc(-c3ccccc3)ccc2N)cc1. The van der Waals surface area contributed by atoms with E-state index >= 15 is 0 Å². The molecule has 4 N–H and O–H groups in total.